The third-order valence-electron chi connectivity index (χ3n) is 6.54. The van der Waals surface area contributed by atoms with Gasteiger partial charge < -0.3 is 19.7 Å². The predicted molar refractivity (Wildman–Crippen MR) is 141 cm³/mol. The molecule has 3 N–H and O–H groups in total. The van der Waals surface area contributed by atoms with Crippen molar-refractivity contribution in [3.8, 4) is 11.5 Å². The molecule has 1 aliphatic heterocycles. The monoisotopic (exact) mass is 521 g/mol. The van der Waals surface area contributed by atoms with Crippen LogP contribution in [0, 0.1) is 5.82 Å². The second-order valence-electron chi connectivity index (χ2n) is 9.08. The van der Waals surface area contributed by atoms with Crippen molar-refractivity contribution in [2.24, 2.45) is 0 Å². The molecule has 2 amide bonds. The lowest BCUT2D eigenvalue weighted by Gasteiger charge is -2.38. The third kappa shape index (κ3) is 6.41. The molecule has 0 aromatic heterocycles. The Hall–Kier alpha value is -4.11. The fraction of sp³-hybridized carbons (Fsp3) is 0.310. The summed E-state index contributed by atoms with van der Waals surface area (Å²) in [6.45, 7) is 0.612. The summed E-state index contributed by atoms with van der Waals surface area (Å²) < 4.78 is 25.4. The van der Waals surface area contributed by atoms with Crippen LogP contribution in [0.1, 0.15) is 59.8 Å². The first-order valence-electron chi connectivity index (χ1n) is 12.7. The number of amides is 2. The molecule has 1 aliphatic rings. The van der Waals surface area contributed by atoms with Gasteiger partial charge in [-0.05, 0) is 54.8 Å². The molecule has 0 saturated heterocycles. The molecular weight excluding hydrogens is 489 g/mol. The molecule has 8 nitrogen and oxygen atoms in total. The summed E-state index contributed by atoms with van der Waals surface area (Å²) in [4.78, 5) is 26.5. The van der Waals surface area contributed by atoms with Gasteiger partial charge in [-0.2, -0.15) is 0 Å². The number of hydroxylamine groups is 1. The highest BCUT2D eigenvalue weighted by molar-refractivity contribution is 6.01. The maximum atomic E-state index is 14.1. The van der Waals surface area contributed by atoms with Gasteiger partial charge >= 0.3 is 0 Å². The number of carbonyl (C=O) groups excluding carboxylic acids is 2. The van der Waals surface area contributed by atoms with Crippen LogP contribution in [-0.2, 0) is 11.4 Å². The Balaban J connectivity index is 1.53. The number of nitrogens with zero attached hydrogens (tertiary/aromatic N) is 1. The normalized spacial score (nSPS) is 14.4. The largest absolute Gasteiger partial charge is 0.496 e. The van der Waals surface area contributed by atoms with Crippen LogP contribution in [0.3, 0.4) is 0 Å². The van der Waals surface area contributed by atoms with E-state index < -0.39 is 17.9 Å². The number of halogens is 1. The minimum absolute atomic E-state index is 0.0658. The van der Waals surface area contributed by atoms with Crippen LogP contribution in [0.5, 0.6) is 11.5 Å². The van der Waals surface area contributed by atoms with Crippen LogP contribution < -0.4 is 20.3 Å². The van der Waals surface area contributed by atoms with Crippen molar-refractivity contribution in [1.29, 1.82) is 0 Å². The first-order chi connectivity index (χ1) is 18.5. The smallest absolute Gasteiger partial charge is 0.257 e. The van der Waals surface area contributed by atoms with Gasteiger partial charge in [0.25, 0.3) is 5.91 Å². The fourth-order valence-corrected chi connectivity index (χ4v) is 4.56. The highest BCUT2D eigenvalue weighted by atomic mass is 19.1. The number of benzene rings is 3. The van der Waals surface area contributed by atoms with Crippen molar-refractivity contribution in [2.75, 3.05) is 19.0 Å². The number of hydrogen-bond donors (Lipinski definition) is 3. The number of methoxy groups -OCH3 is 1. The van der Waals surface area contributed by atoms with E-state index in [1.165, 1.54) is 6.07 Å². The molecule has 1 heterocycles. The van der Waals surface area contributed by atoms with Gasteiger partial charge in [-0.25, -0.2) is 9.87 Å². The van der Waals surface area contributed by atoms with E-state index in [0.29, 0.717) is 24.3 Å². The minimum Gasteiger partial charge on any atom is -0.496 e. The predicted octanol–water partition coefficient (Wildman–Crippen LogP) is 5.44. The number of hydrogen-bond acceptors (Lipinski definition) is 6. The molecule has 4 rings (SSSR count). The number of unbranched alkanes of at least 4 members (excludes halogenated alkanes) is 3. The maximum absolute atomic E-state index is 14.1. The van der Waals surface area contributed by atoms with Gasteiger partial charge in [-0.3, -0.25) is 14.8 Å². The Morgan fingerprint density at radius 2 is 1.79 bits per heavy atom. The SMILES string of the molecule is COc1ccc(C2Nc3ccccc3C(=O)N2CCCCCCC(=O)NO)cc1COc1ccccc1F. The average molecular weight is 522 g/mol. The zero-order chi connectivity index (χ0) is 26.9. The zero-order valence-electron chi connectivity index (χ0n) is 21.3. The topological polar surface area (TPSA) is 100 Å². The van der Waals surface area contributed by atoms with Gasteiger partial charge in [0.05, 0.1) is 12.7 Å². The van der Waals surface area contributed by atoms with Crippen molar-refractivity contribution >= 4 is 17.5 Å². The Labute approximate surface area is 221 Å². The number of carbonyl (C=O) groups is 2. The summed E-state index contributed by atoms with van der Waals surface area (Å²) in [7, 11) is 1.57. The molecule has 9 heteroatoms. The number of rotatable bonds is 12. The molecule has 0 spiro atoms. The van der Waals surface area contributed by atoms with Gasteiger partial charge in [-0.15, -0.1) is 0 Å². The molecule has 3 aromatic rings. The standard InChI is InChI=1S/C29H32FN3O5/c1-37-25-16-15-20(18-21(25)19-38-26-13-8-6-11-23(26)30)28-31-24-12-7-5-10-22(24)29(35)33(28)17-9-3-2-4-14-27(34)32-36/h5-8,10-13,15-16,18,28,31,36H,2-4,9,14,17,19H2,1H3,(H,32,34). The molecule has 0 saturated carbocycles. The van der Waals surface area contributed by atoms with Crippen molar-refractivity contribution < 1.29 is 28.7 Å². The summed E-state index contributed by atoms with van der Waals surface area (Å²) in [6, 6.07) is 19.3. The second kappa shape index (κ2) is 12.9. The molecule has 1 unspecified atom stereocenters. The lowest BCUT2D eigenvalue weighted by Crippen LogP contribution is -2.43. The molecule has 0 bridgehead atoms. The van der Waals surface area contributed by atoms with E-state index in [0.717, 1.165) is 36.1 Å². The molecule has 0 radical (unpaired) electrons. The minimum atomic E-state index is -0.443. The Morgan fingerprint density at radius 3 is 2.58 bits per heavy atom. The summed E-state index contributed by atoms with van der Waals surface area (Å²) in [5, 5.41) is 12.1. The number of anilines is 1. The van der Waals surface area contributed by atoms with E-state index in [1.807, 2.05) is 47.4 Å². The zero-order valence-corrected chi connectivity index (χ0v) is 21.3. The van der Waals surface area contributed by atoms with Crippen LogP contribution in [0.25, 0.3) is 0 Å². The molecule has 200 valence electrons. The highest BCUT2D eigenvalue weighted by Crippen LogP contribution is 2.35. The van der Waals surface area contributed by atoms with E-state index in [9.17, 15) is 14.0 Å². The van der Waals surface area contributed by atoms with E-state index in [1.54, 1.807) is 30.8 Å². The second-order valence-corrected chi connectivity index (χ2v) is 9.08. The number of nitrogens with one attached hydrogen (secondary N) is 2. The Kier molecular flexibility index (Phi) is 9.16. The number of para-hydroxylation sites is 2. The van der Waals surface area contributed by atoms with Crippen LogP contribution in [0.4, 0.5) is 10.1 Å². The van der Waals surface area contributed by atoms with E-state index in [4.69, 9.17) is 14.7 Å². The highest BCUT2D eigenvalue weighted by Gasteiger charge is 2.32. The Bertz CT molecular complexity index is 1270. The lowest BCUT2D eigenvalue weighted by atomic mass is 10.0. The van der Waals surface area contributed by atoms with Gasteiger partial charge in [-0.1, -0.05) is 43.2 Å². The first kappa shape index (κ1) is 26.9. The molecular formula is C29H32FN3O5. The Morgan fingerprint density at radius 1 is 1.03 bits per heavy atom. The van der Waals surface area contributed by atoms with Gasteiger partial charge in [0.15, 0.2) is 11.6 Å². The van der Waals surface area contributed by atoms with Crippen molar-refractivity contribution in [1.82, 2.24) is 10.4 Å². The third-order valence-corrected chi connectivity index (χ3v) is 6.54. The van der Waals surface area contributed by atoms with Crippen LogP contribution in [-0.4, -0.2) is 35.6 Å². The maximum Gasteiger partial charge on any atom is 0.257 e. The molecule has 3 aromatic carbocycles. The van der Waals surface area contributed by atoms with E-state index >= 15 is 0 Å². The van der Waals surface area contributed by atoms with Gasteiger partial charge in [0, 0.05) is 24.2 Å². The molecule has 0 fully saturated rings. The van der Waals surface area contributed by atoms with Crippen LogP contribution in [0.2, 0.25) is 0 Å². The van der Waals surface area contributed by atoms with Crippen molar-refractivity contribution in [2.45, 2.75) is 44.9 Å². The van der Waals surface area contributed by atoms with E-state index in [-0.39, 0.29) is 24.7 Å². The van der Waals surface area contributed by atoms with Crippen molar-refractivity contribution in [3.63, 3.8) is 0 Å². The lowest BCUT2D eigenvalue weighted by molar-refractivity contribution is -0.129. The number of ether oxygens (including phenoxy) is 2. The molecule has 38 heavy (non-hydrogen) atoms. The summed E-state index contributed by atoms with van der Waals surface area (Å²) in [6.07, 6.45) is 2.91. The quantitative estimate of drug-likeness (QED) is 0.167. The number of fused-ring (bicyclic) bond motifs is 1. The fourth-order valence-electron chi connectivity index (χ4n) is 4.56. The van der Waals surface area contributed by atoms with Crippen LogP contribution in [0.15, 0.2) is 66.7 Å². The molecule has 0 aliphatic carbocycles. The van der Waals surface area contributed by atoms with E-state index in [2.05, 4.69) is 5.32 Å². The summed E-state index contributed by atoms with van der Waals surface area (Å²) in [5.74, 6) is -0.152. The molecule has 1 atom stereocenters. The van der Waals surface area contributed by atoms with Gasteiger partial charge in [0.1, 0.15) is 18.5 Å². The average Bonchev–Trinajstić information content (AvgIpc) is 2.95. The van der Waals surface area contributed by atoms with Gasteiger partial charge in [0.2, 0.25) is 5.91 Å². The summed E-state index contributed by atoms with van der Waals surface area (Å²) >= 11 is 0. The first-order valence-corrected chi connectivity index (χ1v) is 12.7. The van der Waals surface area contributed by atoms with Crippen molar-refractivity contribution in [3.05, 3.63) is 89.2 Å². The van der Waals surface area contributed by atoms with Crippen LogP contribution >= 0.6 is 0 Å². The summed E-state index contributed by atoms with van der Waals surface area (Å²) in [5.41, 5.74) is 4.59.